The lowest BCUT2D eigenvalue weighted by Crippen LogP contribution is -2.30. The molecule has 18 heavy (non-hydrogen) atoms. The average Bonchev–Trinajstić information content (AvgIpc) is 2.70. The zero-order valence-electron chi connectivity index (χ0n) is 9.96. The summed E-state index contributed by atoms with van der Waals surface area (Å²) < 4.78 is 24.6. The predicted molar refractivity (Wildman–Crippen MR) is 69.6 cm³/mol. The second kappa shape index (κ2) is 5.38. The van der Waals surface area contributed by atoms with Gasteiger partial charge in [0.05, 0.1) is 17.4 Å². The Kier molecular flexibility index (Phi) is 3.84. The van der Waals surface area contributed by atoms with E-state index in [0.717, 1.165) is 12.1 Å². The van der Waals surface area contributed by atoms with Gasteiger partial charge in [0.1, 0.15) is 0 Å². The zero-order valence-corrected chi connectivity index (χ0v) is 10.8. The molecule has 0 amide bonds. The first kappa shape index (κ1) is 12.9. The van der Waals surface area contributed by atoms with Gasteiger partial charge in [0, 0.05) is 25.3 Å². The van der Waals surface area contributed by atoms with Crippen LogP contribution in [0, 0.1) is 11.3 Å². The molecule has 0 saturated carbocycles. The van der Waals surface area contributed by atoms with Crippen LogP contribution in [0.5, 0.6) is 0 Å². The molecule has 1 N–H and O–H groups in total. The molecule has 1 aliphatic rings. The third kappa shape index (κ3) is 3.00. The Bertz CT molecular complexity index is 546. The minimum atomic E-state index is -3.00. The highest BCUT2D eigenvalue weighted by Crippen LogP contribution is 2.13. The van der Waals surface area contributed by atoms with E-state index in [-0.39, 0.29) is 5.75 Å². The molecule has 1 aliphatic heterocycles. The van der Waals surface area contributed by atoms with Crippen molar-refractivity contribution in [2.24, 2.45) is 0 Å². The minimum Gasteiger partial charge on any atom is -0.384 e. The van der Waals surface area contributed by atoms with Crippen LogP contribution in [-0.2, 0) is 10.0 Å². The Labute approximate surface area is 107 Å². The summed E-state index contributed by atoms with van der Waals surface area (Å²) >= 11 is 0. The Morgan fingerprint density at radius 2 is 2.06 bits per heavy atom. The van der Waals surface area contributed by atoms with Gasteiger partial charge in [-0.15, -0.1) is 0 Å². The fourth-order valence-electron chi connectivity index (χ4n) is 1.93. The normalized spacial score (nSPS) is 18.4. The van der Waals surface area contributed by atoms with Crippen LogP contribution in [0.15, 0.2) is 24.3 Å². The van der Waals surface area contributed by atoms with E-state index in [1.54, 1.807) is 12.1 Å². The van der Waals surface area contributed by atoms with Crippen LogP contribution in [-0.4, -0.2) is 38.1 Å². The number of nitrogens with one attached hydrogen (secondary N) is 1. The SMILES string of the molecule is N#Cc1ccc(NCCN2CCCS2(=O)=O)cc1. The van der Waals surface area contributed by atoms with Crippen molar-refractivity contribution < 1.29 is 8.42 Å². The van der Waals surface area contributed by atoms with Crippen molar-refractivity contribution in [1.82, 2.24) is 4.31 Å². The van der Waals surface area contributed by atoms with E-state index in [1.807, 2.05) is 12.1 Å². The van der Waals surface area contributed by atoms with Crippen LogP contribution < -0.4 is 5.32 Å². The fraction of sp³-hybridized carbons (Fsp3) is 0.417. The van der Waals surface area contributed by atoms with E-state index in [9.17, 15) is 8.42 Å². The maximum atomic E-state index is 11.5. The summed E-state index contributed by atoms with van der Waals surface area (Å²) in [6.07, 6.45) is 0.721. The number of hydrogen-bond donors (Lipinski definition) is 1. The number of anilines is 1. The molecule has 0 bridgehead atoms. The van der Waals surface area contributed by atoms with Crippen molar-refractivity contribution in [3.05, 3.63) is 29.8 Å². The van der Waals surface area contributed by atoms with Gasteiger partial charge in [0.25, 0.3) is 0 Å². The molecule has 0 unspecified atom stereocenters. The third-order valence-electron chi connectivity index (χ3n) is 2.91. The smallest absolute Gasteiger partial charge is 0.214 e. The van der Waals surface area contributed by atoms with Gasteiger partial charge in [-0.1, -0.05) is 0 Å². The molecule has 0 aromatic heterocycles. The number of sulfonamides is 1. The first-order chi connectivity index (χ1) is 8.62. The Morgan fingerprint density at radius 1 is 1.33 bits per heavy atom. The van der Waals surface area contributed by atoms with Crippen LogP contribution in [0.4, 0.5) is 5.69 Å². The van der Waals surface area contributed by atoms with Crippen molar-refractivity contribution in [1.29, 1.82) is 5.26 Å². The van der Waals surface area contributed by atoms with Gasteiger partial charge in [-0.2, -0.15) is 5.26 Å². The first-order valence-electron chi connectivity index (χ1n) is 5.84. The van der Waals surface area contributed by atoms with Crippen LogP contribution in [0.25, 0.3) is 0 Å². The quantitative estimate of drug-likeness (QED) is 0.881. The molecule has 1 fully saturated rings. The first-order valence-corrected chi connectivity index (χ1v) is 7.44. The minimum absolute atomic E-state index is 0.268. The van der Waals surface area contributed by atoms with Gasteiger partial charge in [-0.05, 0) is 30.7 Å². The zero-order chi connectivity index (χ0) is 13.0. The maximum Gasteiger partial charge on any atom is 0.214 e. The molecular weight excluding hydrogens is 250 g/mol. The van der Waals surface area contributed by atoms with Gasteiger partial charge in [-0.3, -0.25) is 0 Å². The Hall–Kier alpha value is -1.58. The van der Waals surface area contributed by atoms with Crippen molar-refractivity contribution in [2.75, 3.05) is 30.7 Å². The van der Waals surface area contributed by atoms with E-state index >= 15 is 0 Å². The molecule has 96 valence electrons. The lowest BCUT2D eigenvalue weighted by Gasteiger charge is -2.14. The van der Waals surface area contributed by atoms with Gasteiger partial charge >= 0.3 is 0 Å². The standard InChI is InChI=1S/C12H15N3O2S/c13-10-11-2-4-12(5-3-11)14-6-8-15-7-1-9-18(15,16)17/h2-5,14H,1,6-9H2. The summed E-state index contributed by atoms with van der Waals surface area (Å²) in [6.45, 7) is 1.69. The Morgan fingerprint density at radius 3 is 2.61 bits per heavy atom. The molecule has 1 aromatic carbocycles. The molecule has 1 heterocycles. The molecule has 1 aromatic rings. The van der Waals surface area contributed by atoms with Gasteiger partial charge < -0.3 is 5.32 Å². The molecule has 5 nitrogen and oxygen atoms in total. The summed E-state index contributed by atoms with van der Waals surface area (Å²) in [5.41, 5.74) is 1.51. The van der Waals surface area contributed by atoms with Crippen molar-refractivity contribution in [3.63, 3.8) is 0 Å². The lowest BCUT2D eigenvalue weighted by molar-refractivity contribution is 0.456. The maximum absolute atomic E-state index is 11.5. The number of nitrogens with zero attached hydrogens (tertiary/aromatic N) is 2. The molecule has 0 spiro atoms. The monoisotopic (exact) mass is 265 g/mol. The summed E-state index contributed by atoms with van der Waals surface area (Å²) in [4.78, 5) is 0. The third-order valence-corrected chi connectivity index (χ3v) is 4.86. The molecule has 6 heteroatoms. The molecular formula is C12H15N3O2S. The Balaban J connectivity index is 1.83. The predicted octanol–water partition coefficient (Wildman–Crippen LogP) is 1.01. The summed E-state index contributed by atoms with van der Waals surface area (Å²) in [5.74, 6) is 0.268. The highest BCUT2D eigenvalue weighted by molar-refractivity contribution is 7.89. The average molecular weight is 265 g/mol. The van der Waals surface area contributed by atoms with Gasteiger partial charge in [0.2, 0.25) is 10.0 Å². The highest BCUT2D eigenvalue weighted by atomic mass is 32.2. The molecule has 2 rings (SSSR count). The van der Waals surface area contributed by atoms with Crippen molar-refractivity contribution in [3.8, 4) is 6.07 Å². The van der Waals surface area contributed by atoms with Crippen LogP contribution >= 0.6 is 0 Å². The second-order valence-electron chi connectivity index (χ2n) is 4.18. The van der Waals surface area contributed by atoms with Gasteiger partial charge in [0.15, 0.2) is 0 Å². The van der Waals surface area contributed by atoms with Crippen molar-refractivity contribution >= 4 is 15.7 Å². The molecule has 0 radical (unpaired) electrons. The number of rotatable bonds is 4. The van der Waals surface area contributed by atoms with E-state index in [4.69, 9.17) is 5.26 Å². The largest absolute Gasteiger partial charge is 0.384 e. The number of nitriles is 1. The van der Waals surface area contributed by atoms with Crippen LogP contribution in [0.3, 0.4) is 0 Å². The van der Waals surface area contributed by atoms with Crippen LogP contribution in [0.1, 0.15) is 12.0 Å². The van der Waals surface area contributed by atoms with Gasteiger partial charge in [-0.25, -0.2) is 12.7 Å². The lowest BCUT2D eigenvalue weighted by atomic mass is 10.2. The fourth-order valence-corrected chi connectivity index (χ4v) is 3.46. The van der Waals surface area contributed by atoms with E-state index < -0.39 is 10.0 Å². The second-order valence-corrected chi connectivity index (χ2v) is 6.27. The summed E-state index contributed by atoms with van der Waals surface area (Å²) in [7, 11) is -3.00. The topological polar surface area (TPSA) is 73.2 Å². The summed E-state index contributed by atoms with van der Waals surface area (Å²) in [6, 6.07) is 9.15. The van der Waals surface area contributed by atoms with E-state index in [0.29, 0.717) is 25.2 Å². The number of hydrogen-bond acceptors (Lipinski definition) is 4. The molecule has 0 atom stereocenters. The highest BCUT2D eigenvalue weighted by Gasteiger charge is 2.27. The van der Waals surface area contributed by atoms with E-state index in [1.165, 1.54) is 4.31 Å². The summed E-state index contributed by atoms with van der Waals surface area (Å²) in [5, 5.41) is 11.8. The molecule has 0 aliphatic carbocycles. The van der Waals surface area contributed by atoms with Crippen LogP contribution in [0.2, 0.25) is 0 Å². The number of benzene rings is 1. The molecule has 1 saturated heterocycles. The van der Waals surface area contributed by atoms with E-state index in [2.05, 4.69) is 11.4 Å². The van der Waals surface area contributed by atoms with Crippen molar-refractivity contribution in [2.45, 2.75) is 6.42 Å².